The van der Waals surface area contributed by atoms with Gasteiger partial charge in [-0.1, -0.05) is 13.8 Å². The summed E-state index contributed by atoms with van der Waals surface area (Å²) in [6.07, 6.45) is 3.44. The molecule has 11 heavy (non-hydrogen) atoms. The second kappa shape index (κ2) is 4.18. The second-order valence-corrected chi connectivity index (χ2v) is 4.12. The van der Waals surface area contributed by atoms with Crippen LogP contribution in [0.15, 0.2) is 4.76 Å². The molecule has 0 spiro atoms. The second-order valence-electron chi connectivity index (χ2n) is 3.66. The first-order valence-corrected chi connectivity index (χ1v) is 5.20. The topological polar surface area (TPSA) is 35.4 Å². The average molecular weight is 173 g/mol. The van der Waals surface area contributed by atoms with Crippen molar-refractivity contribution < 1.29 is 4.89 Å². The highest BCUT2D eigenvalue weighted by molar-refractivity contribution is 7.28. The van der Waals surface area contributed by atoms with Crippen LogP contribution in [0, 0.1) is 11.8 Å². The minimum atomic E-state index is -0.916. The molecule has 64 valence electrons. The summed E-state index contributed by atoms with van der Waals surface area (Å²) in [5.41, 5.74) is 1.18. The van der Waals surface area contributed by atoms with Gasteiger partial charge in [-0.05, 0) is 31.1 Å². The van der Waals surface area contributed by atoms with Gasteiger partial charge in [-0.25, -0.2) is 0 Å². The molecule has 1 saturated carbocycles. The van der Waals surface area contributed by atoms with Crippen LogP contribution in [0.3, 0.4) is 0 Å². The zero-order chi connectivity index (χ0) is 8.27. The van der Waals surface area contributed by atoms with E-state index < -0.39 is 8.96 Å². The SMILES string of the molecule is CC1CC(=N[PH2+][O-])CC(C)C1. The highest BCUT2D eigenvalue weighted by atomic mass is 31.1. The first kappa shape index (κ1) is 9.15. The highest BCUT2D eigenvalue weighted by Gasteiger charge is 2.20. The minimum absolute atomic E-state index is 0.739. The maximum absolute atomic E-state index is 10.3. The number of hydrogen-bond donors (Lipinski definition) is 0. The van der Waals surface area contributed by atoms with E-state index in [1.807, 2.05) is 0 Å². The molecule has 0 saturated heterocycles. The molecule has 3 unspecified atom stereocenters. The van der Waals surface area contributed by atoms with E-state index in [-0.39, 0.29) is 0 Å². The summed E-state index contributed by atoms with van der Waals surface area (Å²) < 4.78 is 4.03. The van der Waals surface area contributed by atoms with Gasteiger partial charge in [0.15, 0.2) is 0 Å². The van der Waals surface area contributed by atoms with Crippen molar-refractivity contribution in [1.82, 2.24) is 0 Å². The summed E-state index contributed by atoms with van der Waals surface area (Å²) in [4.78, 5) is 10.3. The Labute approximate surface area is 70.0 Å². The molecule has 2 nitrogen and oxygen atoms in total. The summed E-state index contributed by atoms with van der Waals surface area (Å²) in [5, 5.41) is 0. The lowest BCUT2D eigenvalue weighted by Gasteiger charge is -2.24. The maximum Gasteiger partial charge on any atom is 0.0570 e. The molecule has 0 N–H and O–H groups in total. The van der Waals surface area contributed by atoms with Crippen LogP contribution in [0.2, 0.25) is 0 Å². The van der Waals surface area contributed by atoms with Gasteiger partial charge in [0.25, 0.3) is 0 Å². The van der Waals surface area contributed by atoms with Crippen LogP contribution < -0.4 is 4.89 Å². The van der Waals surface area contributed by atoms with Gasteiger partial charge in [0.1, 0.15) is 0 Å². The lowest BCUT2D eigenvalue weighted by Crippen LogP contribution is -2.18. The molecule has 0 bridgehead atoms. The van der Waals surface area contributed by atoms with Crippen molar-refractivity contribution in [3.63, 3.8) is 0 Å². The van der Waals surface area contributed by atoms with Gasteiger partial charge in [-0.15, -0.1) is 4.76 Å². The van der Waals surface area contributed by atoms with Crippen molar-refractivity contribution >= 4 is 14.7 Å². The van der Waals surface area contributed by atoms with Crippen LogP contribution in [0.25, 0.3) is 0 Å². The highest BCUT2D eigenvalue weighted by Crippen LogP contribution is 2.27. The van der Waals surface area contributed by atoms with E-state index in [1.54, 1.807) is 0 Å². The first-order chi connectivity index (χ1) is 5.22. The molecule has 0 heterocycles. The predicted molar refractivity (Wildman–Crippen MR) is 49.3 cm³/mol. The number of nitrogens with zero attached hydrogens (tertiary/aromatic N) is 1. The molecule has 1 rings (SSSR count). The van der Waals surface area contributed by atoms with Gasteiger partial charge in [0, 0.05) is 0 Å². The van der Waals surface area contributed by atoms with Crippen molar-refractivity contribution in [3.8, 4) is 0 Å². The zero-order valence-electron chi connectivity index (χ0n) is 7.21. The van der Waals surface area contributed by atoms with Crippen molar-refractivity contribution in [2.45, 2.75) is 33.1 Å². The minimum Gasteiger partial charge on any atom is -0.663 e. The van der Waals surface area contributed by atoms with Crippen LogP contribution >= 0.6 is 8.96 Å². The van der Waals surface area contributed by atoms with Crippen LogP contribution in [0.1, 0.15) is 33.1 Å². The number of hydrogen-bond acceptors (Lipinski definition) is 2. The predicted octanol–water partition coefficient (Wildman–Crippen LogP) is 1.48. The van der Waals surface area contributed by atoms with E-state index in [9.17, 15) is 4.89 Å². The van der Waals surface area contributed by atoms with Gasteiger partial charge in [-0.3, -0.25) is 0 Å². The average Bonchev–Trinajstić information content (AvgIpc) is 1.85. The van der Waals surface area contributed by atoms with E-state index in [2.05, 4.69) is 18.6 Å². The zero-order valence-corrected chi connectivity index (χ0v) is 8.36. The van der Waals surface area contributed by atoms with E-state index in [4.69, 9.17) is 0 Å². The Morgan fingerprint density at radius 1 is 1.36 bits per heavy atom. The molecule has 0 radical (unpaired) electrons. The Balaban J connectivity index is 2.49. The van der Waals surface area contributed by atoms with E-state index >= 15 is 0 Å². The quantitative estimate of drug-likeness (QED) is 0.553. The van der Waals surface area contributed by atoms with E-state index in [0.29, 0.717) is 0 Å². The van der Waals surface area contributed by atoms with Crippen LogP contribution in [-0.4, -0.2) is 5.71 Å². The molecule has 0 aliphatic heterocycles. The third-order valence-electron chi connectivity index (χ3n) is 2.21. The molecule has 1 fully saturated rings. The summed E-state index contributed by atoms with van der Waals surface area (Å²) in [5.74, 6) is 1.48. The normalized spacial score (nSPS) is 33.2. The van der Waals surface area contributed by atoms with E-state index in [1.165, 1.54) is 12.1 Å². The van der Waals surface area contributed by atoms with E-state index in [0.717, 1.165) is 24.7 Å². The monoisotopic (exact) mass is 173 g/mol. The Kier molecular flexibility index (Phi) is 3.47. The smallest absolute Gasteiger partial charge is 0.0570 e. The maximum atomic E-state index is 10.3. The summed E-state index contributed by atoms with van der Waals surface area (Å²) in [6, 6.07) is 0. The fourth-order valence-electron chi connectivity index (χ4n) is 1.92. The van der Waals surface area contributed by atoms with Crippen molar-refractivity contribution in [3.05, 3.63) is 0 Å². The van der Waals surface area contributed by atoms with Crippen molar-refractivity contribution in [2.24, 2.45) is 16.6 Å². The number of rotatable bonds is 1. The van der Waals surface area contributed by atoms with Crippen LogP contribution in [-0.2, 0) is 0 Å². The van der Waals surface area contributed by atoms with Crippen LogP contribution in [0.5, 0.6) is 0 Å². The largest absolute Gasteiger partial charge is 0.663 e. The summed E-state index contributed by atoms with van der Waals surface area (Å²) >= 11 is 0. The molecule has 3 atom stereocenters. The van der Waals surface area contributed by atoms with Crippen LogP contribution in [0.4, 0.5) is 0 Å². The molecule has 1 aliphatic rings. The van der Waals surface area contributed by atoms with Gasteiger partial charge < -0.3 is 4.89 Å². The molecular formula is C8H16NOP. The van der Waals surface area contributed by atoms with Crippen molar-refractivity contribution in [2.75, 3.05) is 0 Å². The summed E-state index contributed by atoms with van der Waals surface area (Å²) in [6.45, 7) is 4.48. The third kappa shape index (κ3) is 2.88. The van der Waals surface area contributed by atoms with Gasteiger partial charge in [-0.2, -0.15) is 0 Å². The molecule has 0 aromatic heterocycles. The lowest BCUT2D eigenvalue weighted by molar-refractivity contribution is -0.150. The Bertz CT molecular complexity index is 146. The Hall–Kier alpha value is 0.0600. The fourth-order valence-corrected chi connectivity index (χ4v) is 2.28. The molecule has 0 aromatic rings. The molecule has 0 amide bonds. The first-order valence-electron chi connectivity index (χ1n) is 4.21. The summed E-state index contributed by atoms with van der Waals surface area (Å²) in [7, 11) is -0.916. The Morgan fingerprint density at radius 2 is 1.91 bits per heavy atom. The standard InChI is InChI=1S/C8H16NOP/c1-6-3-7(2)5-8(4-6)9-11-10/h6-7H,3-5,11H2,1-2H3. The molecular weight excluding hydrogens is 157 g/mol. The molecule has 3 heteroatoms. The molecule has 1 aliphatic carbocycles. The van der Waals surface area contributed by atoms with Gasteiger partial charge in [0.2, 0.25) is 0 Å². The fraction of sp³-hybridized carbons (Fsp3) is 0.875. The lowest BCUT2D eigenvalue weighted by atomic mass is 9.82. The van der Waals surface area contributed by atoms with Gasteiger partial charge in [0.05, 0.1) is 14.7 Å². The molecule has 0 aromatic carbocycles. The van der Waals surface area contributed by atoms with Gasteiger partial charge >= 0.3 is 0 Å². The third-order valence-corrected chi connectivity index (χ3v) is 2.68. The Morgan fingerprint density at radius 3 is 2.36 bits per heavy atom. The van der Waals surface area contributed by atoms with Crippen molar-refractivity contribution in [1.29, 1.82) is 0 Å².